The van der Waals surface area contributed by atoms with Crippen LogP contribution in [0.15, 0.2) is 0 Å². The zero-order valence-electron chi connectivity index (χ0n) is 10.3. The van der Waals surface area contributed by atoms with Crippen molar-refractivity contribution in [2.45, 2.75) is 70.3 Å². The maximum atomic E-state index is 8.94. The van der Waals surface area contributed by atoms with E-state index in [1.54, 1.807) is 0 Å². The maximum Gasteiger partial charge on any atom is 0.176 e. The highest BCUT2D eigenvalue weighted by Crippen LogP contribution is 2.35. The maximum absolute atomic E-state index is 8.94. The molecule has 0 atom stereocenters. The lowest BCUT2D eigenvalue weighted by atomic mass is 9.74. The van der Waals surface area contributed by atoms with Gasteiger partial charge in [-0.25, -0.2) is 0 Å². The lowest BCUT2D eigenvalue weighted by molar-refractivity contribution is 0.186. The third kappa shape index (κ3) is 2.90. The molecule has 2 heteroatoms. The van der Waals surface area contributed by atoms with E-state index in [0.29, 0.717) is 6.04 Å². The zero-order chi connectivity index (χ0) is 11.2. The van der Waals surface area contributed by atoms with Crippen molar-refractivity contribution in [2.24, 2.45) is 11.8 Å². The summed E-state index contributed by atoms with van der Waals surface area (Å²) in [6, 6.07) is 0.491. The minimum absolute atomic E-state index is 0.491. The Balaban J connectivity index is 1.94. The van der Waals surface area contributed by atoms with Gasteiger partial charge in [0, 0.05) is 6.04 Å². The van der Waals surface area contributed by atoms with Gasteiger partial charge in [0.2, 0.25) is 0 Å². The van der Waals surface area contributed by atoms with Gasteiger partial charge in [0.15, 0.2) is 6.19 Å². The van der Waals surface area contributed by atoms with Crippen LogP contribution in [0.1, 0.15) is 64.2 Å². The fraction of sp³-hybridized carbons (Fsp3) is 0.929. The van der Waals surface area contributed by atoms with E-state index in [9.17, 15) is 0 Å². The Labute approximate surface area is 99.4 Å². The van der Waals surface area contributed by atoms with Crippen molar-refractivity contribution in [3.05, 3.63) is 0 Å². The molecule has 0 aliphatic heterocycles. The Kier molecular flexibility index (Phi) is 4.51. The highest BCUT2D eigenvalue weighted by atomic mass is 14.9. The van der Waals surface area contributed by atoms with Crippen molar-refractivity contribution in [1.29, 1.82) is 5.26 Å². The second-order valence-electron chi connectivity index (χ2n) is 5.58. The van der Waals surface area contributed by atoms with Gasteiger partial charge >= 0.3 is 0 Å². The summed E-state index contributed by atoms with van der Waals surface area (Å²) in [6.45, 7) is 0. The number of nitrogens with one attached hydrogen (secondary N) is 1. The minimum Gasteiger partial charge on any atom is -0.320 e. The summed E-state index contributed by atoms with van der Waals surface area (Å²) in [6.07, 6.45) is 15.9. The van der Waals surface area contributed by atoms with Gasteiger partial charge in [-0.15, -0.1) is 0 Å². The lowest BCUT2D eigenvalue weighted by Gasteiger charge is -2.36. The van der Waals surface area contributed by atoms with Gasteiger partial charge in [0.05, 0.1) is 0 Å². The molecular weight excluding hydrogens is 196 g/mol. The third-order valence-electron chi connectivity index (χ3n) is 4.55. The van der Waals surface area contributed by atoms with Gasteiger partial charge in [-0.2, -0.15) is 5.26 Å². The molecule has 0 heterocycles. The first-order valence-corrected chi connectivity index (χ1v) is 7.06. The average molecular weight is 220 g/mol. The van der Waals surface area contributed by atoms with Gasteiger partial charge in [0.1, 0.15) is 0 Å². The van der Waals surface area contributed by atoms with Crippen molar-refractivity contribution in [1.82, 2.24) is 5.32 Å². The van der Waals surface area contributed by atoms with Gasteiger partial charge < -0.3 is 5.32 Å². The van der Waals surface area contributed by atoms with Crippen LogP contribution in [0, 0.1) is 23.3 Å². The molecule has 0 bridgehead atoms. The molecule has 0 spiro atoms. The summed E-state index contributed by atoms with van der Waals surface area (Å²) >= 11 is 0. The minimum atomic E-state index is 0.491. The first-order valence-electron chi connectivity index (χ1n) is 7.06. The Morgan fingerprint density at radius 3 is 1.62 bits per heavy atom. The van der Waals surface area contributed by atoms with Crippen molar-refractivity contribution < 1.29 is 0 Å². The fourth-order valence-corrected chi connectivity index (χ4v) is 3.68. The number of nitriles is 1. The van der Waals surface area contributed by atoms with Gasteiger partial charge in [0.25, 0.3) is 0 Å². The summed E-state index contributed by atoms with van der Waals surface area (Å²) < 4.78 is 0. The molecule has 0 amide bonds. The highest BCUT2D eigenvalue weighted by molar-refractivity contribution is 4.90. The molecule has 2 saturated carbocycles. The monoisotopic (exact) mass is 220 g/mol. The summed E-state index contributed by atoms with van der Waals surface area (Å²) in [5.41, 5.74) is 0. The second kappa shape index (κ2) is 6.13. The Morgan fingerprint density at radius 1 is 0.812 bits per heavy atom. The number of rotatable bonds is 3. The van der Waals surface area contributed by atoms with E-state index >= 15 is 0 Å². The van der Waals surface area contributed by atoms with Crippen LogP contribution in [-0.4, -0.2) is 6.04 Å². The highest BCUT2D eigenvalue weighted by Gasteiger charge is 2.31. The number of nitrogens with zero attached hydrogens (tertiary/aromatic N) is 1. The molecular formula is C14H24N2. The first-order chi connectivity index (χ1) is 7.92. The van der Waals surface area contributed by atoms with Crippen molar-refractivity contribution in [3.63, 3.8) is 0 Å². The van der Waals surface area contributed by atoms with E-state index in [1.807, 2.05) is 0 Å². The molecule has 0 radical (unpaired) electrons. The summed E-state index contributed by atoms with van der Waals surface area (Å²) in [4.78, 5) is 0. The largest absolute Gasteiger partial charge is 0.320 e. The van der Waals surface area contributed by atoms with Gasteiger partial charge in [-0.3, -0.25) is 0 Å². The van der Waals surface area contributed by atoms with E-state index in [0.717, 1.165) is 11.8 Å². The molecule has 0 aromatic carbocycles. The SMILES string of the molecule is N#CNC(C1CCCCC1)C1CCCCC1. The molecule has 16 heavy (non-hydrogen) atoms. The molecule has 90 valence electrons. The van der Waals surface area contributed by atoms with Crippen LogP contribution in [0.3, 0.4) is 0 Å². The van der Waals surface area contributed by atoms with Gasteiger partial charge in [-0.1, -0.05) is 38.5 Å². The second-order valence-corrected chi connectivity index (χ2v) is 5.58. The Morgan fingerprint density at radius 2 is 1.25 bits per heavy atom. The van der Waals surface area contributed by atoms with Crippen LogP contribution in [0.25, 0.3) is 0 Å². The Hall–Kier alpha value is -0.710. The summed E-state index contributed by atoms with van der Waals surface area (Å²) in [5, 5.41) is 12.1. The summed E-state index contributed by atoms with van der Waals surface area (Å²) in [7, 11) is 0. The number of hydrogen-bond acceptors (Lipinski definition) is 2. The number of hydrogen-bond donors (Lipinski definition) is 1. The van der Waals surface area contributed by atoms with E-state index in [2.05, 4.69) is 11.5 Å². The third-order valence-corrected chi connectivity index (χ3v) is 4.55. The standard InChI is InChI=1S/C14H24N2/c15-11-16-14(12-7-3-1-4-8-12)13-9-5-2-6-10-13/h12-14,16H,1-10H2. The molecule has 0 saturated heterocycles. The van der Waals surface area contributed by atoms with E-state index in [-0.39, 0.29) is 0 Å². The summed E-state index contributed by atoms with van der Waals surface area (Å²) in [5.74, 6) is 1.55. The molecule has 2 nitrogen and oxygen atoms in total. The molecule has 2 aliphatic carbocycles. The quantitative estimate of drug-likeness (QED) is 0.583. The van der Waals surface area contributed by atoms with Crippen molar-refractivity contribution in [2.75, 3.05) is 0 Å². The van der Waals surface area contributed by atoms with Crippen LogP contribution < -0.4 is 5.32 Å². The molecule has 2 fully saturated rings. The molecule has 0 aromatic rings. The topological polar surface area (TPSA) is 35.8 Å². The van der Waals surface area contributed by atoms with Gasteiger partial charge in [-0.05, 0) is 37.5 Å². The molecule has 0 unspecified atom stereocenters. The molecule has 1 N–H and O–H groups in total. The fourth-order valence-electron chi connectivity index (χ4n) is 3.68. The molecule has 2 rings (SSSR count). The van der Waals surface area contributed by atoms with Crippen LogP contribution in [-0.2, 0) is 0 Å². The Bertz CT molecular complexity index is 214. The van der Waals surface area contributed by atoms with Crippen LogP contribution in [0.5, 0.6) is 0 Å². The van der Waals surface area contributed by atoms with E-state index in [4.69, 9.17) is 5.26 Å². The first kappa shape index (κ1) is 11.8. The predicted molar refractivity (Wildman–Crippen MR) is 65.7 cm³/mol. The van der Waals surface area contributed by atoms with Crippen molar-refractivity contribution in [3.8, 4) is 6.19 Å². The van der Waals surface area contributed by atoms with E-state index in [1.165, 1.54) is 64.2 Å². The smallest absolute Gasteiger partial charge is 0.176 e. The van der Waals surface area contributed by atoms with E-state index < -0.39 is 0 Å². The van der Waals surface area contributed by atoms with Crippen LogP contribution in [0.4, 0.5) is 0 Å². The predicted octanol–water partition coefficient (Wildman–Crippen LogP) is 3.59. The van der Waals surface area contributed by atoms with Crippen molar-refractivity contribution >= 4 is 0 Å². The average Bonchev–Trinajstić information content (AvgIpc) is 2.38. The zero-order valence-corrected chi connectivity index (χ0v) is 10.3. The molecule has 2 aliphatic rings. The van der Waals surface area contributed by atoms with Crippen LogP contribution in [0.2, 0.25) is 0 Å². The lowest BCUT2D eigenvalue weighted by Crippen LogP contribution is -2.41. The molecule has 0 aromatic heterocycles. The van der Waals surface area contributed by atoms with Crippen LogP contribution >= 0.6 is 0 Å². The normalized spacial score (nSPS) is 24.2.